The minimum absolute atomic E-state index is 0.195. The number of rotatable bonds is 6. The van der Waals surface area contributed by atoms with E-state index in [9.17, 15) is 4.79 Å². The summed E-state index contributed by atoms with van der Waals surface area (Å²) in [6, 6.07) is 7.88. The third-order valence-electron chi connectivity index (χ3n) is 2.58. The van der Waals surface area contributed by atoms with Gasteiger partial charge in [0.2, 0.25) is 0 Å². The maximum Gasteiger partial charge on any atom is 0.303 e. The fraction of sp³-hybridized carbons (Fsp3) is 0.500. The van der Waals surface area contributed by atoms with Crippen LogP contribution >= 0.6 is 0 Å². The first-order chi connectivity index (χ1) is 7.89. The minimum Gasteiger partial charge on any atom is -0.488 e. The molecule has 0 aliphatic rings. The molecule has 0 amide bonds. The quantitative estimate of drug-likeness (QED) is 0.823. The van der Waals surface area contributed by atoms with Crippen LogP contribution in [-0.2, 0) is 4.79 Å². The lowest BCUT2D eigenvalue weighted by Gasteiger charge is -2.26. The van der Waals surface area contributed by atoms with E-state index in [0.717, 1.165) is 12.2 Å². The Kier molecular flexibility index (Phi) is 4.55. The van der Waals surface area contributed by atoms with Crippen molar-refractivity contribution in [3.8, 4) is 5.75 Å². The molecule has 0 saturated carbocycles. The zero-order valence-electron chi connectivity index (χ0n) is 10.7. The zero-order chi connectivity index (χ0) is 12.9. The number of aliphatic carboxylic acids is 1. The molecule has 0 saturated heterocycles. The van der Waals surface area contributed by atoms with E-state index >= 15 is 0 Å². The summed E-state index contributed by atoms with van der Waals surface area (Å²) in [6.07, 6.45) is 1.56. The summed E-state index contributed by atoms with van der Waals surface area (Å²) in [5.41, 5.74) is 0.867. The normalized spacial score (nSPS) is 11.2. The molecule has 0 aliphatic heterocycles. The van der Waals surface area contributed by atoms with Gasteiger partial charge in [0.1, 0.15) is 11.4 Å². The molecule has 94 valence electrons. The fourth-order valence-corrected chi connectivity index (χ4v) is 1.64. The van der Waals surface area contributed by atoms with E-state index in [1.807, 2.05) is 45.0 Å². The molecule has 1 rings (SSSR count). The Labute approximate surface area is 102 Å². The lowest BCUT2D eigenvalue weighted by Crippen LogP contribution is -2.28. The number of carboxylic acid groups (broad SMARTS) is 1. The number of carbonyl (C=O) groups is 1. The molecule has 0 fully saturated rings. The Morgan fingerprint density at radius 1 is 1.29 bits per heavy atom. The minimum atomic E-state index is -0.754. The second-order valence-corrected chi connectivity index (χ2v) is 4.92. The Morgan fingerprint density at radius 2 is 1.88 bits per heavy atom. The van der Waals surface area contributed by atoms with Crippen LogP contribution in [0.15, 0.2) is 24.3 Å². The molecule has 0 aliphatic carbocycles. The predicted molar refractivity (Wildman–Crippen MR) is 67.4 cm³/mol. The molecule has 0 heterocycles. The van der Waals surface area contributed by atoms with Gasteiger partial charge < -0.3 is 9.84 Å². The molecule has 0 atom stereocenters. The van der Waals surface area contributed by atoms with E-state index in [1.54, 1.807) is 0 Å². The topological polar surface area (TPSA) is 46.5 Å². The highest BCUT2D eigenvalue weighted by atomic mass is 16.5. The number of ether oxygens (including phenoxy) is 1. The van der Waals surface area contributed by atoms with Gasteiger partial charge in [0.25, 0.3) is 0 Å². The average Bonchev–Trinajstić information content (AvgIpc) is 2.20. The van der Waals surface area contributed by atoms with Crippen molar-refractivity contribution in [3.05, 3.63) is 29.8 Å². The first kappa shape index (κ1) is 13.6. The van der Waals surface area contributed by atoms with E-state index in [4.69, 9.17) is 9.84 Å². The van der Waals surface area contributed by atoms with Crippen LogP contribution in [0.1, 0.15) is 38.7 Å². The molecular formula is C14H20O3. The van der Waals surface area contributed by atoms with Gasteiger partial charge in [-0.3, -0.25) is 4.79 Å². The molecule has 17 heavy (non-hydrogen) atoms. The van der Waals surface area contributed by atoms with Crippen LogP contribution in [0.4, 0.5) is 0 Å². The monoisotopic (exact) mass is 236 g/mol. The molecule has 0 radical (unpaired) electrons. The highest BCUT2D eigenvalue weighted by Crippen LogP contribution is 2.23. The fourth-order valence-electron chi connectivity index (χ4n) is 1.64. The van der Waals surface area contributed by atoms with Gasteiger partial charge in [-0.15, -0.1) is 0 Å². The zero-order valence-corrected chi connectivity index (χ0v) is 10.7. The number of hydrogen-bond acceptors (Lipinski definition) is 2. The third kappa shape index (κ3) is 5.38. The predicted octanol–water partition coefficient (Wildman–Crippen LogP) is 3.41. The largest absolute Gasteiger partial charge is 0.488 e. The molecule has 3 nitrogen and oxygen atoms in total. The van der Waals surface area contributed by atoms with Gasteiger partial charge in [-0.1, -0.05) is 17.7 Å². The van der Waals surface area contributed by atoms with Gasteiger partial charge >= 0.3 is 5.97 Å². The summed E-state index contributed by atoms with van der Waals surface area (Å²) in [4.78, 5) is 10.4. The van der Waals surface area contributed by atoms with E-state index in [0.29, 0.717) is 6.42 Å². The number of aryl methyl sites for hydroxylation is 1. The maximum atomic E-state index is 10.4. The lowest BCUT2D eigenvalue weighted by atomic mass is 10.0. The summed E-state index contributed by atoms with van der Waals surface area (Å²) >= 11 is 0. The summed E-state index contributed by atoms with van der Waals surface area (Å²) in [5, 5.41) is 8.59. The lowest BCUT2D eigenvalue weighted by molar-refractivity contribution is -0.137. The van der Waals surface area contributed by atoms with Gasteiger partial charge in [-0.05, 0) is 45.7 Å². The molecular weight excluding hydrogens is 216 g/mol. The van der Waals surface area contributed by atoms with Gasteiger partial charge in [-0.2, -0.15) is 0 Å². The van der Waals surface area contributed by atoms with Gasteiger partial charge in [0.15, 0.2) is 0 Å². The summed E-state index contributed by atoms with van der Waals surface area (Å²) in [7, 11) is 0. The average molecular weight is 236 g/mol. The van der Waals surface area contributed by atoms with E-state index in [-0.39, 0.29) is 12.0 Å². The maximum absolute atomic E-state index is 10.4. The molecule has 1 aromatic carbocycles. The van der Waals surface area contributed by atoms with E-state index < -0.39 is 5.97 Å². The van der Waals surface area contributed by atoms with Crippen LogP contribution in [0.2, 0.25) is 0 Å². The smallest absolute Gasteiger partial charge is 0.303 e. The Hall–Kier alpha value is -1.51. The van der Waals surface area contributed by atoms with Crippen molar-refractivity contribution in [1.82, 2.24) is 0 Å². The molecule has 0 unspecified atom stereocenters. The van der Waals surface area contributed by atoms with E-state index in [2.05, 4.69) is 0 Å². The van der Waals surface area contributed by atoms with Crippen molar-refractivity contribution < 1.29 is 14.6 Å². The molecule has 1 N–H and O–H groups in total. The highest BCUT2D eigenvalue weighted by molar-refractivity contribution is 5.66. The van der Waals surface area contributed by atoms with Gasteiger partial charge in [-0.25, -0.2) is 0 Å². The first-order valence-corrected chi connectivity index (χ1v) is 5.86. The van der Waals surface area contributed by atoms with Crippen molar-refractivity contribution in [2.75, 3.05) is 0 Å². The number of carboxylic acids is 1. The Morgan fingerprint density at radius 3 is 2.41 bits per heavy atom. The number of benzene rings is 1. The van der Waals surface area contributed by atoms with Crippen molar-refractivity contribution >= 4 is 5.97 Å². The second kappa shape index (κ2) is 5.71. The van der Waals surface area contributed by atoms with E-state index in [1.165, 1.54) is 5.56 Å². The van der Waals surface area contributed by atoms with Crippen LogP contribution in [-0.4, -0.2) is 16.7 Å². The molecule has 0 spiro atoms. The number of hydrogen-bond donors (Lipinski definition) is 1. The van der Waals surface area contributed by atoms with Crippen molar-refractivity contribution in [3.63, 3.8) is 0 Å². The Bertz CT molecular complexity index is 366. The standard InChI is InChI=1S/C14H20O3/c1-11-6-8-12(9-7-11)17-14(2,3)10-4-5-13(15)16/h6-9H,4-5,10H2,1-3H3,(H,15,16). The van der Waals surface area contributed by atoms with Crippen LogP contribution in [0.5, 0.6) is 5.75 Å². The van der Waals surface area contributed by atoms with Gasteiger partial charge in [0, 0.05) is 6.42 Å². The van der Waals surface area contributed by atoms with Crippen LogP contribution in [0, 0.1) is 6.92 Å². The van der Waals surface area contributed by atoms with Crippen molar-refractivity contribution in [2.24, 2.45) is 0 Å². The Balaban J connectivity index is 2.48. The highest BCUT2D eigenvalue weighted by Gasteiger charge is 2.19. The summed E-state index contributed by atoms with van der Waals surface area (Å²) in [5.74, 6) is 0.0760. The SMILES string of the molecule is Cc1ccc(OC(C)(C)CCCC(=O)O)cc1. The molecule has 1 aromatic rings. The van der Waals surface area contributed by atoms with Crippen molar-refractivity contribution in [1.29, 1.82) is 0 Å². The molecule has 0 aromatic heterocycles. The molecule has 3 heteroatoms. The molecule has 0 bridgehead atoms. The van der Waals surface area contributed by atoms with Crippen LogP contribution in [0.3, 0.4) is 0 Å². The summed E-state index contributed by atoms with van der Waals surface area (Å²) < 4.78 is 5.85. The first-order valence-electron chi connectivity index (χ1n) is 5.86. The summed E-state index contributed by atoms with van der Waals surface area (Å²) in [6.45, 7) is 5.99. The van der Waals surface area contributed by atoms with Crippen LogP contribution < -0.4 is 4.74 Å². The van der Waals surface area contributed by atoms with Crippen molar-refractivity contribution in [2.45, 2.75) is 45.6 Å². The van der Waals surface area contributed by atoms with Crippen LogP contribution in [0.25, 0.3) is 0 Å². The second-order valence-electron chi connectivity index (χ2n) is 4.92. The third-order valence-corrected chi connectivity index (χ3v) is 2.58. The van der Waals surface area contributed by atoms with Gasteiger partial charge in [0.05, 0.1) is 0 Å².